The van der Waals surface area contributed by atoms with Crippen LogP contribution in [-0.2, 0) is 0 Å². The van der Waals surface area contributed by atoms with Crippen LogP contribution in [0.25, 0.3) is 0 Å². The molecule has 0 aromatic heterocycles. The molecule has 0 heterocycles. The zero-order chi connectivity index (χ0) is 11.3. The summed E-state index contributed by atoms with van der Waals surface area (Å²) >= 11 is 0. The highest BCUT2D eigenvalue weighted by Crippen LogP contribution is 2.17. The van der Waals surface area contributed by atoms with Crippen LogP contribution in [0.1, 0.15) is 37.4 Å². The molecule has 2 nitrogen and oxygen atoms in total. The summed E-state index contributed by atoms with van der Waals surface area (Å²) in [7, 11) is 0. The van der Waals surface area contributed by atoms with Crippen molar-refractivity contribution in [1.29, 1.82) is 0 Å². The molecule has 0 aliphatic heterocycles. The topological polar surface area (TPSA) is 32.3 Å². The van der Waals surface area contributed by atoms with Gasteiger partial charge in [-0.25, -0.2) is 0 Å². The number of hydrogen-bond donors (Lipinski definition) is 2. The van der Waals surface area contributed by atoms with E-state index >= 15 is 0 Å². The molecule has 2 N–H and O–H groups in total. The Balaban J connectivity index is 2.68. The number of aliphatic hydroxyl groups is 1. The van der Waals surface area contributed by atoms with Crippen LogP contribution in [0, 0.1) is 6.92 Å². The molecule has 0 saturated heterocycles. The van der Waals surface area contributed by atoms with E-state index < -0.39 is 0 Å². The molecular weight excluding hydrogens is 186 g/mol. The van der Waals surface area contributed by atoms with E-state index in [-0.39, 0.29) is 12.6 Å². The summed E-state index contributed by atoms with van der Waals surface area (Å²) in [6, 6.07) is 8.85. The van der Waals surface area contributed by atoms with Gasteiger partial charge in [-0.15, -0.1) is 0 Å². The van der Waals surface area contributed by atoms with E-state index in [9.17, 15) is 0 Å². The quantitative estimate of drug-likeness (QED) is 0.777. The van der Waals surface area contributed by atoms with Crippen molar-refractivity contribution in [2.24, 2.45) is 0 Å². The highest BCUT2D eigenvalue weighted by atomic mass is 16.3. The normalized spacial score (nSPS) is 14.9. The molecule has 0 saturated carbocycles. The number of nitrogens with one attached hydrogen (secondary N) is 1. The molecule has 0 aliphatic rings. The molecule has 0 spiro atoms. The Morgan fingerprint density at radius 1 is 1.33 bits per heavy atom. The van der Waals surface area contributed by atoms with E-state index in [0.717, 1.165) is 6.42 Å². The number of aryl methyl sites for hydroxylation is 1. The second kappa shape index (κ2) is 5.89. The fourth-order valence-electron chi connectivity index (χ4n) is 1.82. The number of benzene rings is 1. The van der Waals surface area contributed by atoms with Gasteiger partial charge in [0.25, 0.3) is 0 Å². The van der Waals surface area contributed by atoms with E-state index in [1.165, 1.54) is 11.1 Å². The first kappa shape index (κ1) is 12.2. The third-order valence-electron chi connectivity index (χ3n) is 2.85. The molecule has 0 fully saturated rings. The van der Waals surface area contributed by atoms with Crippen LogP contribution in [0.2, 0.25) is 0 Å². The summed E-state index contributed by atoms with van der Waals surface area (Å²) in [6.45, 7) is 6.54. The minimum absolute atomic E-state index is 0.194. The standard InChI is InChI=1S/C13H21NO/c1-4-12(9-15)14-11(3)13-8-6-5-7-10(13)2/h5-8,11-12,14-15H,4,9H2,1-3H3/t11-,12-/m1/s1. The van der Waals surface area contributed by atoms with Gasteiger partial charge in [0, 0.05) is 12.1 Å². The van der Waals surface area contributed by atoms with Crippen LogP contribution < -0.4 is 5.32 Å². The van der Waals surface area contributed by atoms with Crippen molar-refractivity contribution in [3.63, 3.8) is 0 Å². The minimum Gasteiger partial charge on any atom is -0.395 e. The summed E-state index contributed by atoms with van der Waals surface area (Å²) in [5, 5.41) is 12.6. The molecule has 0 radical (unpaired) electrons. The molecule has 1 aromatic carbocycles. The third kappa shape index (κ3) is 3.33. The van der Waals surface area contributed by atoms with Gasteiger partial charge in [-0.1, -0.05) is 31.2 Å². The van der Waals surface area contributed by atoms with Gasteiger partial charge >= 0.3 is 0 Å². The molecular formula is C13H21NO. The van der Waals surface area contributed by atoms with E-state index in [2.05, 4.69) is 50.4 Å². The van der Waals surface area contributed by atoms with Crippen molar-refractivity contribution < 1.29 is 5.11 Å². The molecule has 1 rings (SSSR count). The maximum atomic E-state index is 9.13. The van der Waals surface area contributed by atoms with E-state index in [1.807, 2.05) is 0 Å². The lowest BCUT2D eigenvalue weighted by molar-refractivity contribution is 0.230. The van der Waals surface area contributed by atoms with Gasteiger partial charge in [0.15, 0.2) is 0 Å². The zero-order valence-corrected chi connectivity index (χ0v) is 9.83. The highest BCUT2D eigenvalue weighted by molar-refractivity contribution is 5.28. The summed E-state index contributed by atoms with van der Waals surface area (Å²) in [5.74, 6) is 0. The van der Waals surface area contributed by atoms with Gasteiger partial charge in [0.1, 0.15) is 0 Å². The first-order valence-electron chi connectivity index (χ1n) is 5.61. The third-order valence-corrected chi connectivity index (χ3v) is 2.85. The Morgan fingerprint density at radius 2 is 2.00 bits per heavy atom. The molecule has 0 bridgehead atoms. The van der Waals surface area contributed by atoms with E-state index in [4.69, 9.17) is 5.11 Å². The van der Waals surface area contributed by atoms with Crippen molar-refractivity contribution in [2.45, 2.75) is 39.3 Å². The maximum absolute atomic E-state index is 9.13. The Bertz CT molecular complexity index is 294. The number of rotatable bonds is 5. The summed E-state index contributed by atoms with van der Waals surface area (Å²) in [5.41, 5.74) is 2.61. The van der Waals surface area contributed by atoms with Gasteiger partial charge in [-0.05, 0) is 31.4 Å². The fraction of sp³-hybridized carbons (Fsp3) is 0.538. The van der Waals surface area contributed by atoms with Crippen molar-refractivity contribution >= 4 is 0 Å². The molecule has 0 aliphatic carbocycles. The lowest BCUT2D eigenvalue weighted by atomic mass is 10.0. The minimum atomic E-state index is 0.194. The van der Waals surface area contributed by atoms with Gasteiger partial charge < -0.3 is 10.4 Å². The lowest BCUT2D eigenvalue weighted by Crippen LogP contribution is -2.34. The molecule has 2 heteroatoms. The van der Waals surface area contributed by atoms with Crippen LogP contribution in [0.3, 0.4) is 0 Å². The van der Waals surface area contributed by atoms with Crippen LogP contribution >= 0.6 is 0 Å². The predicted octanol–water partition coefficient (Wildman–Crippen LogP) is 2.42. The Morgan fingerprint density at radius 3 is 2.53 bits per heavy atom. The number of aliphatic hydroxyl groups excluding tert-OH is 1. The predicted molar refractivity (Wildman–Crippen MR) is 63.9 cm³/mol. The van der Waals surface area contributed by atoms with Crippen molar-refractivity contribution in [1.82, 2.24) is 5.32 Å². The first-order chi connectivity index (χ1) is 7.19. The van der Waals surface area contributed by atoms with E-state index in [1.54, 1.807) is 0 Å². The van der Waals surface area contributed by atoms with Crippen LogP contribution in [0.4, 0.5) is 0 Å². The Labute approximate surface area is 92.3 Å². The van der Waals surface area contributed by atoms with Gasteiger partial charge in [-0.3, -0.25) is 0 Å². The largest absolute Gasteiger partial charge is 0.395 e. The lowest BCUT2D eigenvalue weighted by Gasteiger charge is -2.22. The van der Waals surface area contributed by atoms with Crippen molar-refractivity contribution in [2.75, 3.05) is 6.61 Å². The molecule has 0 unspecified atom stereocenters. The monoisotopic (exact) mass is 207 g/mol. The van der Waals surface area contributed by atoms with E-state index in [0.29, 0.717) is 6.04 Å². The summed E-state index contributed by atoms with van der Waals surface area (Å²) in [6.07, 6.45) is 0.951. The summed E-state index contributed by atoms with van der Waals surface area (Å²) in [4.78, 5) is 0. The van der Waals surface area contributed by atoms with Crippen molar-refractivity contribution in [3.8, 4) is 0 Å². The second-order valence-electron chi connectivity index (χ2n) is 4.03. The van der Waals surface area contributed by atoms with Crippen LogP contribution in [-0.4, -0.2) is 17.8 Å². The molecule has 1 aromatic rings. The molecule has 0 amide bonds. The first-order valence-corrected chi connectivity index (χ1v) is 5.61. The van der Waals surface area contributed by atoms with Gasteiger partial charge in [-0.2, -0.15) is 0 Å². The number of hydrogen-bond acceptors (Lipinski definition) is 2. The average molecular weight is 207 g/mol. The van der Waals surface area contributed by atoms with Crippen LogP contribution in [0.5, 0.6) is 0 Å². The van der Waals surface area contributed by atoms with Gasteiger partial charge in [0.2, 0.25) is 0 Å². The Hall–Kier alpha value is -0.860. The SMILES string of the molecule is CC[C@H](CO)N[C@H](C)c1ccccc1C. The smallest absolute Gasteiger partial charge is 0.0584 e. The highest BCUT2D eigenvalue weighted by Gasteiger charge is 2.11. The zero-order valence-electron chi connectivity index (χ0n) is 9.83. The van der Waals surface area contributed by atoms with Crippen molar-refractivity contribution in [3.05, 3.63) is 35.4 Å². The molecule has 84 valence electrons. The fourth-order valence-corrected chi connectivity index (χ4v) is 1.82. The molecule has 15 heavy (non-hydrogen) atoms. The maximum Gasteiger partial charge on any atom is 0.0584 e. The summed E-state index contributed by atoms with van der Waals surface area (Å²) < 4.78 is 0. The van der Waals surface area contributed by atoms with Crippen LogP contribution in [0.15, 0.2) is 24.3 Å². The molecule has 2 atom stereocenters. The average Bonchev–Trinajstić information content (AvgIpc) is 2.26. The second-order valence-corrected chi connectivity index (χ2v) is 4.03. The van der Waals surface area contributed by atoms with Gasteiger partial charge in [0.05, 0.1) is 6.61 Å². The Kier molecular flexibility index (Phi) is 4.79.